The summed E-state index contributed by atoms with van der Waals surface area (Å²) in [6.07, 6.45) is -3.63. The van der Waals surface area contributed by atoms with Gasteiger partial charge >= 0.3 is 12.4 Å². The Balaban J connectivity index is 1.33. The standard InChI is InChI=1S/C30H34F6N4O3/c1-3-17-15-40-7-4-18(17)13-28(40,27-5-8-39(9-6-27)22(14-27)43-2)16-37-23-24(26(42)25(23)41)38-21-11-19(29(31,32)33)10-20(12-21)30(34,35)36/h3,10-12,17-18,22,37-38H,1,4-9,13-16H2,2H3. The fourth-order valence-electron chi connectivity index (χ4n) is 8.31. The van der Waals surface area contributed by atoms with Crippen molar-refractivity contribution in [3.05, 3.63) is 62.4 Å². The highest BCUT2D eigenvalue weighted by Crippen LogP contribution is 2.59. The summed E-state index contributed by atoms with van der Waals surface area (Å²) in [5.41, 5.74) is -6.46. The number of fused-ring (bicyclic) bond motifs is 6. The molecule has 0 amide bonds. The second-order valence-electron chi connectivity index (χ2n) is 12.5. The summed E-state index contributed by atoms with van der Waals surface area (Å²) in [6.45, 7) is 7.74. The van der Waals surface area contributed by atoms with Crippen LogP contribution in [0.1, 0.15) is 43.2 Å². The van der Waals surface area contributed by atoms with Crippen LogP contribution in [-0.4, -0.2) is 61.4 Å². The number of anilines is 3. The minimum atomic E-state index is -5.05. The molecule has 2 aromatic carbocycles. The van der Waals surface area contributed by atoms with Crippen LogP contribution in [0.5, 0.6) is 0 Å². The quantitative estimate of drug-likeness (QED) is 0.241. The summed E-state index contributed by atoms with van der Waals surface area (Å²) in [4.78, 5) is 30.2. The van der Waals surface area contributed by atoms with Crippen molar-refractivity contribution in [2.45, 2.75) is 56.2 Å². The average molecular weight is 613 g/mol. The molecular formula is C30H34F6N4O3. The summed E-state index contributed by atoms with van der Waals surface area (Å²) in [5.74, 6) is 0.711. The molecule has 7 nitrogen and oxygen atoms in total. The van der Waals surface area contributed by atoms with Gasteiger partial charge in [0.25, 0.3) is 10.9 Å². The third kappa shape index (κ3) is 4.87. The molecule has 5 unspecified atom stereocenters. The molecule has 0 aliphatic carbocycles. The Bertz CT molecular complexity index is 1440. The molecule has 6 saturated heterocycles. The highest BCUT2D eigenvalue weighted by Gasteiger charge is 2.63. The maximum atomic E-state index is 13.4. The predicted octanol–water partition coefficient (Wildman–Crippen LogP) is 5.20. The number of benzene rings is 1. The summed E-state index contributed by atoms with van der Waals surface area (Å²) < 4.78 is 86.4. The van der Waals surface area contributed by atoms with Crippen LogP contribution in [0.4, 0.5) is 43.4 Å². The smallest absolute Gasteiger partial charge is 0.378 e. The lowest BCUT2D eigenvalue weighted by Gasteiger charge is -2.68. The summed E-state index contributed by atoms with van der Waals surface area (Å²) in [6, 6.07) is 1.01. The molecule has 43 heavy (non-hydrogen) atoms. The van der Waals surface area contributed by atoms with Crippen LogP contribution in [0.2, 0.25) is 0 Å². The van der Waals surface area contributed by atoms with Gasteiger partial charge in [0, 0.05) is 44.5 Å². The Hall–Kier alpha value is -2.90. The minimum Gasteiger partial charge on any atom is -0.378 e. The van der Waals surface area contributed by atoms with Crippen molar-refractivity contribution in [3.8, 4) is 0 Å². The van der Waals surface area contributed by atoms with Gasteiger partial charge in [-0.25, -0.2) is 0 Å². The first-order valence-electron chi connectivity index (χ1n) is 14.5. The van der Waals surface area contributed by atoms with Crippen molar-refractivity contribution in [3.63, 3.8) is 0 Å². The van der Waals surface area contributed by atoms with Gasteiger partial charge in [0.05, 0.1) is 11.1 Å². The fourth-order valence-corrected chi connectivity index (χ4v) is 8.31. The second-order valence-corrected chi connectivity index (χ2v) is 12.5. The molecule has 0 spiro atoms. The number of halogens is 6. The van der Waals surface area contributed by atoms with E-state index < -0.39 is 45.6 Å². The lowest BCUT2D eigenvalue weighted by molar-refractivity contribution is -0.208. The summed E-state index contributed by atoms with van der Waals surface area (Å²) >= 11 is 0. The fraction of sp³-hybridized carbons (Fsp3) is 0.600. The molecule has 6 heterocycles. The Morgan fingerprint density at radius 3 is 2.14 bits per heavy atom. The summed E-state index contributed by atoms with van der Waals surface area (Å²) in [5, 5.41) is 5.58. The van der Waals surface area contributed by atoms with Crippen molar-refractivity contribution in [1.82, 2.24) is 9.80 Å². The van der Waals surface area contributed by atoms with Crippen LogP contribution in [-0.2, 0) is 17.1 Å². The van der Waals surface area contributed by atoms with Gasteiger partial charge in [-0.2, -0.15) is 26.3 Å². The number of rotatable bonds is 8. The van der Waals surface area contributed by atoms with Crippen molar-refractivity contribution < 1.29 is 31.1 Å². The maximum Gasteiger partial charge on any atom is 0.416 e. The van der Waals surface area contributed by atoms with Crippen LogP contribution in [0.25, 0.3) is 0 Å². The van der Waals surface area contributed by atoms with Crippen LogP contribution >= 0.6 is 0 Å². The van der Waals surface area contributed by atoms with Crippen molar-refractivity contribution in [2.24, 2.45) is 17.3 Å². The first-order chi connectivity index (χ1) is 20.2. The predicted molar refractivity (Wildman–Crippen MR) is 149 cm³/mol. The Kier molecular flexibility index (Phi) is 7.25. The second kappa shape index (κ2) is 10.3. The average Bonchev–Trinajstić information content (AvgIpc) is 2.99. The van der Waals surface area contributed by atoms with Crippen LogP contribution < -0.4 is 21.5 Å². The lowest BCUT2D eigenvalue weighted by atomic mass is 9.52. The Morgan fingerprint density at radius 2 is 1.60 bits per heavy atom. The molecule has 6 fully saturated rings. The third-order valence-electron chi connectivity index (χ3n) is 10.6. The largest absolute Gasteiger partial charge is 0.416 e. The molecular weight excluding hydrogens is 578 g/mol. The van der Waals surface area contributed by atoms with Crippen molar-refractivity contribution >= 4 is 17.1 Å². The normalized spacial score (nSPS) is 34.0. The zero-order valence-corrected chi connectivity index (χ0v) is 23.7. The van der Waals surface area contributed by atoms with Gasteiger partial charge in [0.1, 0.15) is 17.6 Å². The maximum absolute atomic E-state index is 13.4. The number of alkyl halides is 6. The van der Waals surface area contributed by atoms with Crippen LogP contribution in [0.3, 0.4) is 0 Å². The van der Waals surface area contributed by atoms with E-state index in [4.69, 9.17) is 4.74 Å². The molecule has 4 bridgehead atoms. The zero-order valence-electron chi connectivity index (χ0n) is 23.7. The first-order valence-corrected chi connectivity index (χ1v) is 14.5. The number of nitrogens with one attached hydrogen (secondary N) is 2. The van der Waals surface area contributed by atoms with E-state index in [0.29, 0.717) is 30.5 Å². The third-order valence-corrected chi connectivity index (χ3v) is 10.6. The van der Waals surface area contributed by atoms with E-state index >= 15 is 0 Å². The number of methoxy groups -OCH3 is 1. The Labute approximate surface area is 244 Å². The van der Waals surface area contributed by atoms with Gasteiger partial charge in [-0.1, -0.05) is 6.08 Å². The van der Waals surface area contributed by atoms with Crippen LogP contribution in [0.15, 0.2) is 40.4 Å². The molecule has 6 aliphatic heterocycles. The number of hydrogen-bond acceptors (Lipinski definition) is 7. The van der Waals surface area contributed by atoms with Crippen LogP contribution in [0, 0.1) is 17.3 Å². The minimum absolute atomic E-state index is 0.0152. The molecule has 5 atom stereocenters. The molecule has 0 radical (unpaired) electrons. The van der Waals surface area contributed by atoms with E-state index in [1.165, 1.54) is 0 Å². The molecule has 0 aromatic heterocycles. The lowest BCUT2D eigenvalue weighted by Crippen LogP contribution is -2.75. The highest BCUT2D eigenvalue weighted by atomic mass is 19.4. The molecule has 2 N–H and O–H groups in total. The van der Waals surface area contributed by atoms with Crippen molar-refractivity contribution in [2.75, 3.05) is 50.5 Å². The van der Waals surface area contributed by atoms with E-state index in [-0.39, 0.29) is 29.1 Å². The van der Waals surface area contributed by atoms with E-state index in [1.54, 1.807) is 7.11 Å². The van der Waals surface area contributed by atoms with Gasteiger partial charge in [-0.3, -0.25) is 19.4 Å². The summed E-state index contributed by atoms with van der Waals surface area (Å²) in [7, 11) is 1.70. The van der Waals surface area contributed by atoms with Gasteiger partial charge in [0.2, 0.25) is 0 Å². The topological polar surface area (TPSA) is 73.9 Å². The van der Waals surface area contributed by atoms with E-state index in [2.05, 4.69) is 27.0 Å². The molecule has 234 valence electrons. The van der Waals surface area contributed by atoms with E-state index in [1.807, 2.05) is 6.08 Å². The number of hydrogen-bond donors (Lipinski definition) is 2. The van der Waals surface area contributed by atoms with Gasteiger partial charge in [-0.15, -0.1) is 6.58 Å². The zero-order chi connectivity index (χ0) is 30.9. The molecule has 8 rings (SSSR count). The SMILES string of the molecule is C=CC1CN2CCC1CC2(CNc1c(Nc2cc(C(F)(F)F)cc(C(F)(F)F)c2)c(=O)c1=O)C12CCN(CC1)C(OC)C2. The van der Waals surface area contributed by atoms with Gasteiger partial charge in [-0.05, 0) is 74.1 Å². The Morgan fingerprint density at radius 1 is 0.977 bits per heavy atom. The van der Waals surface area contributed by atoms with Gasteiger partial charge in [0.15, 0.2) is 0 Å². The molecule has 13 heteroatoms. The monoisotopic (exact) mass is 612 g/mol. The van der Waals surface area contributed by atoms with E-state index in [0.717, 1.165) is 58.3 Å². The highest BCUT2D eigenvalue weighted by molar-refractivity contribution is 5.79. The molecule has 6 aliphatic rings. The first kappa shape index (κ1) is 30.1. The molecule has 2 aromatic rings. The number of ether oxygens (including phenoxy) is 1. The van der Waals surface area contributed by atoms with Crippen molar-refractivity contribution in [1.29, 1.82) is 0 Å². The number of nitrogens with zero attached hydrogens (tertiary/aromatic N) is 2. The van der Waals surface area contributed by atoms with E-state index in [9.17, 15) is 35.9 Å². The molecule has 0 saturated carbocycles. The van der Waals surface area contributed by atoms with Gasteiger partial charge < -0.3 is 15.4 Å². The number of piperidine rings is 6.